The van der Waals surface area contributed by atoms with Gasteiger partial charge in [0.05, 0.1) is 23.7 Å². The number of rotatable bonds is 10. The molecule has 0 amide bonds. The lowest BCUT2D eigenvalue weighted by atomic mass is 10.3. The first-order valence-electron chi connectivity index (χ1n) is 6.48. The van der Waals surface area contributed by atoms with Crippen LogP contribution < -0.4 is 16.2 Å². The number of ether oxygens (including phenoxy) is 2. The van der Waals surface area contributed by atoms with Gasteiger partial charge in [-0.1, -0.05) is 0 Å². The number of nitrogens with zero attached hydrogens (tertiary/aromatic N) is 3. The Kier molecular flexibility index (Phi) is 7.37. The van der Waals surface area contributed by atoms with E-state index in [9.17, 15) is 10.1 Å². The summed E-state index contributed by atoms with van der Waals surface area (Å²) in [6, 6.07) is 2.70. The normalized spacial score (nSPS) is 10.4. The van der Waals surface area contributed by atoms with Gasteiger partial charge in [0.25, 0.3) is 5.69 Å². The SMILES string of the molecule is COCCCN(CCOC)c1cc([N+](=O)[O-])cc(NN)n1. The van der Waals surface area contributed by atoms with Crippen LogP contribution >= 0.6 is 0 Å². The smallest absolute Gasteiger partial charge is 0.276 e. The molecule has 0 aromatic carbocycles. The van der Waals surface area contributed by atoms with Crippen LogP contribution in [0.1, 0.15) is 6.42 Å². The monoisotopic (exact) mass is 299 g/mol. The molecule has 21 heavy (non-hydrogen) atoms. The maximum Gasteiger partial charge on any atom is 0.276 e. The number of pyridine rings is 1. The molecule has 0 radical (unpaired) electrons. The fraction of sp³-hybridized carbons (Fsp3) is 0.583. The van der Waals surface area contributed by atoms with Crippen LogP contribution in [0.15, 0.2) is 12.1 Å². The summed E-state index contributed by atoms with van der Waals surface area (Å²) in [6.07, 6.45) is 0.774. The van der Waals surface area contributed by atoms with E-state index in [2.05, 4.69) is 10.4 Å². The maximum atomic E-state index is 11.0. The first-order chi connectivity index (χ1) is 10.1. The zero-order valence-corrected chi connectivity index (χ0v) is 12.2. The lowest BCUT2D eigenvalue weighted by Gasteiger charge is -2.23. The van der Waals surface area contributed by atoms with Crippen LogP contribution in [0.3, 0.4) is 0 Å². The zero-order chi connectivity index (χ0) is 15.7. The molecular formula is C12H21N5O4. The molecule has 0 bridgehead atoms. The Morgan fingerprint density at radius 1 is 1.33 bits per heavy atom. The van der Waals surface area contributed by atoms with Gasteiger partial charge >= 0.3 is 0 Å². The summed E-state index contributed by atoms with van der Waals surface area (Å²) >= 11 is 0. The van der Waals surface area contributed by atoms with Gasteiger partial charge in [-0.3, -0.25) is 10.1 Å². The van der Waals surface area contributed by atoms with Gasteiger partial charge in [-0.05, 0) is 6.42 Å². The number of hydrazine groups is 1. The van der Waals surface area contributed by atoms with Crippen LogP contribution in [0.4, 0.5) is 17.3 Å². The second kappa shape index (κ2) is 9.06. The van der Waals surface area contributed by atoms with Crippen molar-refractivity contribution in [2.24, 2.45) is 5.84 Å². The van der Waals surface area contributed by atoms with Gasteiger partial charge in [0, 0.05) is 33.9 Å². The van der Waals surface area contributed by atoms with Crippen molar-refractivity contribution in [3.05, 3.63) is 22.2 Å². The van der Waals surface area contributed by atoms with E-state index >= 15 is 0 Å². The lowest BCUT2D eigenvalue weighted by Crippen LogP contribution is -2.30. The molecule has 1 heterocycles. The number of nitro groups is 1. The molecule has 0 saturated carbocycles. The van der Waals surface area contributed by atoms with Crippen molar-refractivity contribution in [1.29, 1.82) is 0 Å². The Balaban J connectivity index is 2.97. The van der Waals surface area contributed by atoms with Gasteiger partial charge in [0.2, 0.25) is 0 Å². The van der Waals surface area contributed by atoms with Crippen LogP contribution in [0.25, 0.3) is 0 Å². The second-order valence-electron chi connectivity index (χ2n) is 4.30. The number of methoxy groups -OCH3 is 2. The number of hydrogen-bond donors (Lipinski definition) is 2. The predicted molar refractivity (Wildman–Crippen MR) is 79.3 cm³/mol. The van der Waals surface area contributed by atoms with Crippen LogP contribution in [-0.2, 0) is 9.47 Å². The molecule has 9 heteroatoms. The Bertz CT molecular complexity index is 457. The topological polar surface area (TPSA) is 116 Å². The number of hydrogen-bond acceptors (Lipinski definition) is 8. The summed E-state index contributed by atoms with van der Waals surface area (Å²) in [5.41, 5.74) is 2.28. The van der Waals surface area contributed by atoms with Gasteiger partial charge < -0.3 is 19.8 Å². The molecule has 0 spiro atoms. The average Bonchev–Trinajstić information content (AvgIpc) is 2.50. The van der Waals surface area contributed by atoms with E-state index in [-0.39, 0.29) is 11.5 Å². The molecule has 1 aromatic heterocycles. The summed E-state index contributed by atoms with van der Waals surface area (Å²) in [4.78, 5) is 16.6. The molecule has 0 saturated heterocycles. The van der Waals surface area contributed by atoms with E-state index in [1.807, 2.05) is 4.90 Å². The van der Waals surface area contributed by atoms with E-state index in [0.29, 0.717) is 32.1 Å². The first kappa shape index (κ1) is 17.1. The third kappa shape index (κ3) is 5.50. The molecule has 0 aliphatic heterocycles. The molecule has 1 rings (SSSR count). The van der Waals surface area contributed by atoms with Crippen molar-refractivity contribution in [3.63, 3.8) is 0 Å². The minimum Gasteiger partial charge on any atom is -0.385 e. The zero-order valence-electron chi connectivity index (χ0n) is 12.2. The number of aromatic nitrogens is 1. The number of nitrogens with one attached hydrogen (secondary N) is 1. The fourth-order valence-electron chi connectivity index (χ4n) is 1.79. The van der Waals surface area contributed by atoms with Crippen molar-refractivity contribution in [1.82, 2.24) is 4.98 Å². The highest BCUT2D eigenvalue weighted by atomic mass is 16.6. The van der Waals surface area contributed by atoms with Crippen molar-refractivity contribution in [3.8, 4) is 0 Å². The van der Waals surface area contributed by atoms with Gasteiger partial charge in [-0.15, -0.1) is 0 Å². The van der Waals surface area contributed by atoms with Gasteiger partial charge in [0.1, 0.15) is 11.6 Å². The Morgan fingerprint density at radius 3 is 2.62 bits per heavy atom. The quantitative estimate of drug-likeness (QED) is 0.281. The summed E-state index contributed by atoms with van der Waals surface area (Å²) in [7, 11) is 3.22. The summed E-state index contributed by atoms with van der Waals surface area (Å²) < 4.78 is 10.1. The lowest BCUT2D eigenvalue weighted by molar-refractivity contribution is -0.384. The first-order valence-corrected chi connectivity index (χ1v) is 6.48. The van der Waals surface area contributed by atoms with E-state index in [1.54, 1.807) is 14.2 Å². The second-order valence-corrected chi connectivity index (χ2v) is 4.30. The van der Waals surface area contributed by atoms with Crippen LogP contribution in [0, 0.1) is 10.1 Å². The highest BCUT2D eigenvalue weighted by Crippen LogP contribution is 2.23. The summed E-state index contributed by atoms with van der Waals surface area (Å²) in [5.74, 6) is 6.03. The van der Waals surface area contributed by atoms with E-state index in [4.69, 9.17) is 15.3 Å². The number of anilines is 2. The van der Waals surface area contributed by atoms with Crippen molar-refractivity contribution in [2.75, 3.05) is 50.8 Å². The molecule has 9 nitrogen and oxygen atoms in total. The molecule has 0 aliphatic rings. The molecule has 0 unspecified atom stereocenters. The molecular weight excluding hydrogens is 278 g/mol. The highest BCUT2D eigenvalue weighted by Gasteiger charge is 2.15. The fourth-order valence-corrected chi connectivity index (χ4v) is 1.79. The molecule has 0 atom stereocenters. The Hall–Kier alpha value is -1.97. The van der Waals surface area contributed by atoms with Crippen LogP contribution in [-0.4, -0.2) is 50.4 Å². The van der Waals surface area contributed by atoms with Crippen molar-refractivity contribution >= 4 is 17.3 Å². The standard InChI is InChI=1S/C12H21N5O4/c1-20-6-3-4-16(5-7-21-2)12-9-10(17(18)19)8-11(14-12)15-13/h8-9H,3-7,13H2,1-2H3,(H,14,15). The third-order valence-corrected chi connectivity index (χ3v) is 2.82. The molecule has 0 fully saturated rings. The molecule has 0 aliphatic carbocycles. The van der Waals surface area contributed by atoms with E-state index in [0.717, 1.165) is 6.42 Å². The van der Waals surface area contributed by atoms with Crippen LogP contribution in [0.2, 0.25) is 0 Å². The Labute approximate surface area is 123 Å². The minimum absolute atomic E-state index is 0.0675. The molecule has 3 N–H and O–H groups in total. The van der Waals surface area contributed by atoms with Crippen LogP contribution in [0.5, 0.6) is 0 Å². The molecule has 1 aromatic rings. The van der Waals surface area contributed by atoms with Crippen molar-refractivity contribution in [2.45, 2.75) is 6.42 Å². The van der Waals surface area contributed by atoms with Gasteiger partial charge in [-0.25, -0.2) is 10.8 Å². The minimum atomic E-state index is -0.477. The van der Waals surface area contributed by atoms with Crippen molar-refractivity contribution < 1.29 is 14.4 Å². The summed E-state index contributed by atoms with van der Waals surface area (Å²) in [6.45, 7) is 2.30. The third-order valence-electron chi connectivity index (χ3n) is 2.82. The maximum absolute atomic E-state index is 11.0. The number of nitrogens with two attached hydrogens (primary N) is 1. The van der Waals surface area contributed by atoms with E-state index in [1.165, 1.54) is 12.1 Å². The average molecular weight is 299 g/mol. The predicted octanol–water partition coefficient (Wildman–Crippen LogP) is 0.765. The summed E-state index contributed by atoms with van der Waals surface area (Å²) in [5, 5.41) is 11.0. The largest absolute Gasteiger partial charge is 0.385 e. The Morgan fingerprint density at radius 2 is 2.05 bits per heavy atom. The van der Waals surface area contributed by atoms with E-state index < -0.39 is 4.92 Å². The highest BCUT2D eigenvalue weighted by molar-refractivity contribution is 5.55. The van der Waals surface area contributed by atoms with Gasteiger partial charge in [-0.2, -0.15) is 0 Å². The number of nitrogen functional groups attached to an aromatic ring is 1. The van der Waals surface area contributed by atoms with Gasteiger partial charge in [0.15, 0.2) is 0 Å². The molecule has 118 valence electrons.